The highest BCUT2D eigenvalue weighted by molar-refractivity contribution is 5.86. The van der Waals surface area contributed by atoms with Crippen molar-refractivity contribution in [2.24, 2.45) is 17.1 Å². The fourth-order valence-corrected chi connectivity index (χ4v) is 3.33. The highest BCUT2D eigenvalue weighted by Gasteiger charge is 2.48. The fourth-order valence-electron chi connectivity index (χ4n) is 3.33. The molecule has 0 atom stereocenters. The normalized spacial score (nSPS) is 23.4. The second-order valence-corrected chi connectivity index (χ2v) is 7.20. The molecule has 1 saturated heterocycles. The van der Waals surface area contributed by atoms with Gasteiger partial charge in [0.15, 0.2) is 0 Å². The van der Waals surface area contributed by atoms with Crippen molar-refractivity contribution >= 4 is 11.9 Å². The van der Waals surface area contributed by atoms with Crippen molar-refractivity contribution < 1.29 is 14.3 Å². The zero-order chi connectivity index (χ0) is 15.0. The van der Waals surface area contributed by atoms with Crippen LogP contribution in [0.2, 0.25) is 0 Å². The van der Waals surface area contributed by atoms with E-state index < -0.39 is 5.60 Å². The summed E-state index contributed by atoms with van der Waals surface area (Å²) >= 11 is 0. The number of piperidine rings is 1. The summed E-state index contributed by atoms with van der Waals surface area (Å²) in [4.78, 5) is 25.1. The Kier molecular flexibility index (Phi) is 4.09. The molecule has 0 bridgehead atoms. The highest BCUT2D eigenvalue weighted by atomic mass is 16.6. The van der Waals surface area contributed by atoms with Crippen molar-refractivity contribution in [1.29, 1.82) is 0 Å². The molecular weight excluding hydrogens is 256 g/mol. The first-order valence-corrected chi connectivity index (χ1v) is 7.45. The molecule has 1 amide bonds. The van der Waals surface area contributed by atoms with Gasteiger partial charge in [-0.05, 0) is 51.5 Å². The van der Waals surface area contributed by atoms with Gasteiger partial charge in [0.25, 0.3) is 0 Å². The number of hydrogen-bond donors (Lipinski definition) is 1. The Balaban J connectivity index is 1.86. The molecule has 0 radical (unpaired) electrons. The molecule has 2 rings (SSSR count). The SMILES string of the molecule is CC(C)(C)OC(=O)N1CCC(C2(CN)CC(=O)C2)CC1. The van der Waals surface area contributed by atoms with Gasteiger partial charge < -0.3 is 15.4 Å². The number of hydrogen-bond acceptors (Lipinski definition) is 4. The van der Waals surface area contributed by atoms with Gasteiger partial charge in [-0.15, -0.1) is 0 Å². The zero-order valence-electron chi connectivity index (χ0n) is 12.8. The van der Waals surface area contributed by atoms with Crippen LogP contribution >= 0.6 is 0 Å². The second kappa shape index (κ2) is 5.35. The number of carbonyl (C=O) groups excluding carboxylic acids is 2. The summed E-state index contributed by atoms with van der Waals surface area (Å²) in [5.41, 5.74) is 5.44. The van der Waals surface area contributed by atoms with Crippen LogP contribution < -0.4 is 5.73 Å². The van der Waals surface area contributed by atoms with Crippen molar-refractivity contribution in [3.8, 4) is 0 Å². The smallest absolute Gasteiger partial charge is 0.410 e. The molecule has 2 fully saturated rings. The molecule has 2 aliphatic rings. The summed E-state index contributed by atoms with van der Waals surface area (Å²) in [5, 5.41) is 0. The summed E-state index contributed by atoms with van der Waals surface area (Å²) in [6.07, 6.45) is 2.86. The molecule has 5 heteroatoms. The number of nitrogens with zero attached hydrogens (tertiary/aromatic N) is 1. The van der Waals surface area contributed by atoms with Gasteiger partial charge in [0.2, 0.25) is 0 Å². The van der Waals surface area contributed by atoms with Crippen LogP contribution in [-0.2, 0) is 9.53 Å². The molecule has 114 valence electrons. The maximum Gasteiger partial charge on any atom is 0.410 e. The first kappa shape index (κ1) is 15.3. The van der Waals surface area contributed by atoms with Crippen LogP contribution in [0, 0.1) is 11.3 Å². The van der Waals surface area contributed by atoms with Gasteiger partial charge in [0, 0.05) is 25.9 Å². The number of amides is 1. The summed E-state index contributed by atoms with van der Waals surface area (Å²) in [6.45, 7) is 7.62. The molecule has 1 aliphatic heterocycles. The number of carbonyl (C=O) groups is 2. The number of Topliss-reactive ketones (excluding diaryl/α,β-unsaturated/α-hetero) is 1. The maximum atomic E-state index is 12.0. The van der Waals surface area contributed by atoms with Crippen LogP contribution in [0.25, 0.3) is 0 Å². The Bertz CT molecular complexity index is 384. The van der Waals surface area contributed by atoms with E-state index in [0.29, 0.717) is 44.2 Å². The number of ether oxygens (including phenoxy) is 1. The van der Waals surface area contributed by atoms with Gasteiger partial charge in [-0.3, -0.25) is 4.79 Å². The van der Waals surface area contributed by atoms with Crippen LogP contribution in [-0.4, -0.2) is 42.0 Å². The number of nitrogens with two attached hydrogens (primary N) is 1. The van der Waals surface area contributed by atoms with E-state index in [4.69, 9.17) is 10.5 Å². The van der Waals surface area contributed by atoms with E-state index in [2.05, 4.69) is 0 Å². The lowest BCUT2D eigenvalue weighted by Crippen LogP contribution is -2.53. The Labute approximate surface area is 120 Å². The third-order valence-corrected chi connectivity index (χ3v) is 4.52. The summed E-state index contributed by atoms with van der Waals surface area (Å²) in [5.74, 6) is 0.786. The standard InChI is InChI=1S/C15H26N2O3/c1-14(2,3)20-13(19)17-6-4-11(5-7-17)15(10-16)8-12(18)9-15/h11H,4-10,16H2,1-3H3. The average molecular weight is 282 g/mol. The molecule has 1 saturated carbocycles. The van der Waals surface area contributed by atoms with Gasteiger partial charge in [-0.1, -0.05) is 0 Å². The molecule has 0 spiro atoms. The van der Waals surface area contributed by atoms with Crippen molar-refractivity contribution in [3.63, 3.8) is 0 Å². The van der Waals surface area contributed by atoms with Gasteiger partial charge >= 0.3 is 6.09 Å². The predicted octanol–water partition coefficient (Wildman–Crippen LogP) is 1.94. The van der Waals surface area contributed by atoms with E-state index in [1.807, 2.05) is 20.8 Å². The van der Waals surface area contributed by atoms with E-state index in [0.717, 1.165) is 12.8 Å². The first-order chi connectivity index (χ1) is 9.26. The molecule has 0 aromatic carbocycles. The van der Waals surface area contributed by atoms with Crippen molar-refractivity contribution in [3.05, 3.63) is 0 Å². The van der Waals surface area contributed by atoms with Crippen molar-refractivity contribution in [2.75, 3.05) is 19.6 Å². The quantitative estimate of drug-likeness (QED) is 0.840. The van der Waals surface area contributed by atoms with E-state index >= 15 is 0 Å². The zero-order valence-corrected chi connectivity index (χ0v) is 12.8. The fraction of sp³-hybridized carbons (Fsp3) is 0.867. The highest BCUT2D eigenvalue weighted by Crippen LogP contribution is 2.47. The molecule has 2 N–H and O–H groups in total. The van der Waals surface area contributed by atoms with E-state index in [9.17, 15) is 9.59 Å². The largest absolute Gasteiger partial charge is 0.444 e. The Morgan fingerprint density at radius 3 is 2.30 bits per heavy atom. The van der Waals surface area contributed by atoms with Gasteiger partial charge in [-0.25, -0.2) is 4.79 Å². The Morgan fingerprint density at radius 2 is 1.90 bits per heavy atom. The molecule has 0 unspecified atom stereocenters. The van der Waals surface area contributed by atoms with Crippen LogP contribution in [0.3, 0.4) is 0 Å². The topological polar surface area (TPSA) is 72.6 Å². The van der Waals surface area contributed by atoms with Gasteiger partial charge in [0.05, 0.1) is 0 Å². The molecule has 1 heterocycles. The molecule has 1 aliphatic carbocycles. The predicted molar refractivity (Wildman–Crippen MR) is 76.3 cm³/mol. The molecular formula is C15H26N2O3. The minimum atomic E-state index is -0.452. The van der Waals surface area contributed by atoms with Crippen LogP contribution in [0.4, 0.5) is 4.79 Å². The van der Waals surface area contributed by atoms with Crippen LogP contribution in [0.1, 0.15) is 46.5 Å². The van der Waals surface area contributed by atoms with E-state index in [-0.39, 0.29) is 11.5 Å². The molecule has 0 aromatic rings. The summed E-state index contributed by atoms with van der Waals surface area (Å²) < 4.78 is 5.39. The lowest BCUT2D eigenvalue weighted by Gasteiger charge is -2.48. The molecule has 0 aromatic heterocycles. The first-order valence-electron chi connectivity index (χ1n) is 7.45. The van der Waals surface area contributed by atoms with Crippen LogP contribution in [0.5, 0.6) is 0 Å². The van der Waals surface area contributed by atoms with Crippen LogP contribution in [0.15, 0.2) is 0 Å². The molecule has 20 heavy (non-hydrogen) atoms. The minimum absolute atomic E-state index is 0.0110. The number of rotatable bonds is 2. The number of likely N-dealkylation sites (tertiary alicyclic amines) is 1. The lowest BCUT2D eigenvalue weighted by atomic mass is 9.58. The Morgan fingerprint density at radius 1 is 1.35 bits per heavy atom. The summed E-state index contributed by atoms with van der Waals surface area (Å²) in [7, 11) is 0. The average Bonchev–Trinajstić information content (AvgIpc) is 2.33. The van der Waals surface area contributed by atoms with E-state index in [1.54, 1.807) is 4.90 Å². The van der Waals surface area contributed by atoms with E-state index in [1.165, 1.54) is 0 Å². The lowest BCUT2D eigenvalue weighted by molar-refractivity contribution is -0.137. The third kappa shape index (κ3) is 3.14. The van der Waals surface area contributed by atoms with Gasteiger partial charge in [0.1, 0.15) is 11.4 Å². The second-order valence-electron chi connectivity index (χ2n) is 7.20. The molecule has 5 nitrogen and oxygen atoms in total. The maximum absolute atomic E-state index is 12.0. The summed E-state index contributed by atoms with van der Waals surface area (Å²) in [6, 6.07) is 0. The monoisotopic (exact) mass is 282 g/mol. The Hall–Kier alpha value is -1.10. The van der Waals surface area contributed by atoms with Crippen molar-refractivity contribution in [1.82, 2.24) is 4.90 Å². The minimum Gasteiger partial charge on any atom is -0.444 e. The number of ketones is 1. The van der Waals surface area contributed by atoms with Gasteiger partial charge in [-0.2, -0.15) is 0 Å². The van der Waals surface area contributed by atoms with Crippen molar-refractivity contribution in [2.45, 2.75) is 52.1 Å². The third-order valence-electron chi connectivity index (χ3n) is 4.52.